The summed E-state index contributed by atoms with van der Waals surface area (Å²) < 4.78 is 0. The van der Waals surface area contributed by atoms with Gasteiger partial charge in [-0.2, -0.15) is 0 Å². The molecular weight excluding hydrogens is 309 g/mol. The third kappa shape index (κ3) is 4.34. The molecule has 0 saturated heterocycles. The first-order chi connectivity index (χ1) is 10.1. The average molecular weight is 324 g/mol. The zero-order chi connectivity index (χ0) is 15.2. The minimum atomic E-state index is -0.186. The molecule has 0 atom stereocenters. The van der Waals surface area contributed by atoms with Crippen LogP contribution in [0.2, 0.25) is 10.0 Å². The van der Waals surface area contributed by atoms with Crippen LogP contribution in [0.4, 0.5) is 11.4 Å². The topological polar surface area (TPSA) is 54.0 Å². The van der Waals surface area contributed by atoms with Crippen LogP contribution in [0.15, 0.2) is 36.5 Å². The van der Waals surface area contributed by atoms with Crippen molar-refractivity contribution < 1.29 is 4.79 Å². The molecule has 6 heteroatoms. The van der Waals surface area contributed by atoms with Crippen LogP contribution < -0.4 is 10.6 Å². The van der Waals surface area contributed by atoms with E-state index in [-0.39, 0.29) is 5.91 Å². The molecule has 0 aliphatic carbocycles. The van der Waals surface area contributed by atoms with E-state index in [1.807, 2.05) is 13.0 Å². The Balaban J connectivity index is 2.13. The van der Waals surface area contributed by atoms with Crippen molar-refractivity contribution in [3.8, 4) is 0 Å². The van der Waals surface area contributed by atoms with E-state index in [4.69, 9.17) is 23.2 Å². The van der Waals surface area contributed by atoms with E-state index in [1.165, 1.54) is 0 Å². The van der Waals surface area contributed by atoms with Crippen molar-refractivity contribution in [3.63, 3.8) is 0 Å². The summed E-state index contributed by atoms with van der Waals surface area (Å²) >= 11 is 11.8. The first-order valence-electron chi connectivity index (χ1n) is 6.56. The molecule has 1 aromatic heterocycles. The van der Waals surface area contributed by atoms with Crippen molar-refractivity contribution in [3.05, 3.63) is 52.3 Å². The fourth-order valence-corrected chi connectivity index (χ4v) is 2.00. The lowest BCUT2D eigenvalue weighted by Gasteiger charge is -2.09. The Morgan fingerprint density at radius 2 is 1.90 bits per heavy atom. The molecular formula is C15H15Cl2N3O. The molecule has 2 aromatic rings. The number of amides is 1. The van der Waals surface area contributed by atoms with Crippen LogP contribution in [0.3, 0.4) is 0 Å². The van der Waals surface area contributed by atoms with Crippen molar-refractivity contribution in [1.82, 2.24) is 10.3 Å². The van der Waals surface area contributed by atoms with Crippen LogP contribution in [0.5, 0.6) is 0 Å². The van der Waals surface area contributed by atoms with Gasteiger partial charge in [0.1, 0.15) is 5.69 Å². The number of aromatic nitrogens is 1. The highest BCUT2D eigenvalue weighted by Crippen LogP contribution is 2.26. The van der Waals surface area contributed by atoms with Gasteiger partial charge < -0.3 is 10.6 Å². The predicted octanol–water partition coefficient (Wildman–Crippen LogP) is 4.27. The third-order valence-corrected chi connectivity index (χ3v) is 3.48. The molecule has 21 heavy (non-hydrogen) atoms. The Morgan fingerprint density at radius 1 is 1.14 bits per heavy atom. The molecule has 0 aliphatic rings. The summed E-state index contributed by atoms with van der Waals surface area (Å²) in [5.41, 5.74) is 1.91. The van der Waals surface area contributed by atoms with E-state index in [9.17, 15) is 4.79 Å². The summed E-state index contributed by atoms with van der Waals surface area (Å²) in [6, 6.07) is 8.71. The Morgan fingerprint density at radius 3 is 2.62 bits per heavy atom. The number of hydrogen-bond donors (Lipinski definition) is 2. The van der Waals surface area contributed by atoms with Gasteiger partial charge in [0, 0.05) is 24.1 Å². The maximum atomic E-state index is 11.9. The summed E-state index contributed by atoms with van der Waals surface area (Å²) in [6.45, 7) is 2.63. The summed E-state index contributed by atoms with van der Waals surface area (Å²) in [7, 11) is 0. The monoisotopic (exact) mass is 323 g/mol. The zero-order valence-corrected chi connectivity index (χ0v) is 13.0. The molecule has 4 nitrogen and oxygen atoms in total. The van der Waals surface area contributed by atoms with Gasteiger partial charge in [-0.25, -0.2) is 0 Å². The van der Waals surface area contributed by atoms with Gasteiger partial charge in [-0.05, 0) is 36.8 Å². The molecule has 110 valence electrons. The largest absolute Gasteiger partial charge is 0.355 e. The predicted molar refractivity (Wildman–Crippen MR) is 86.6 cm³/mol. The smallest absolute Gasteiger partial charge is 0.269 e. The average Bonchev–Trinajstić information content (AvgIpc) is 2.49. The van der Waals surface area contributed by atoms with Crippen molar-refractivity contribution >= 4 is 40.5 Å². The van der Waals surface area contributed by atoms with Crippen molar-refractivity contribution in [2.45, 2.75) is 13.3 Å². The van der Waals surface area contributed by atoms with Gasteiger partial charge in [-0.15, -0.1) is 0 Å². The van der Waals surface area contributed by atoms with Crippen LogP contribution in [0.1, 0.15) is 23.8 Å². The maximum absolute atomic E-state index is 11.9. The number of benzene rings is 1. The number of nitrogens with one attached hydrogen (secondary N) is 2. The summed E-state index contributed by atoms with van der Waals surface area (Å²) in [5, 5.41) is 6.91. The van der Waals surface area contributed by atoms with E-state index in [1.54, 1.807) is 30.5 Å². The molecule has 1 heterocycles. The molecule has 0 unspecified atom stereocenters. The molecule has 0 saturated carbocycles. The van der Waals surface area contributed by atoms with Gasteiger partial charge >= 0.3 is 0 Å². The minimum Gasteiger partial charge on any atom is -0.355 e. The summed E-state index contributed by atoms with van der Waals surface area (Å²) in [4.78, 5) is 15.9. The number of carbonyl (C=O) groups is 1. The van der Waals surface area contributed by atoms with Gasteiger partial charge in [-0.1, -0.05) is 30.1 Å². The molecule has 0 aliphatic heterocycles. The second kappa shape index (κ2) is 7.29. The number of carbonyl (C=O) groups excluding carboxylic acids is 1. The van der Waals surface area contributed by atoms with Crippen LogP contribution in [-0.2, 0) is 0 Å². The molecule has 0 bridgehead atoms. The van der Waals surface area contributed by atoms with E-state index in [2.05, 4.69) is 15.6 Å². The highest BCUT2D eigenvalue weighted by Gasteiger charge is 2.07. The zero-order valence-electron chi connectivity index (χ0n) is 11.5. The van der Waals surface area contributed by atoms with Gasteiger partial charge in [0.25, 0.3) is 5.91 Å². The molecule has 1 amide bonds. The number of anilines is 2. The van der Waals surface area contributed by atoms with Crippen LogP contribution in [0, 0.1) is 0 Å². The second-order valence-electron chi connectivity index (χ2n) is 4.44. The van der Waals surface area contributed by atoms with Crippen LogP contribution in [-0.4, -0.2) is 17.4 Å². The lowest BCUT2D eigenvalue weighted by Crippen LogP contribution is -2.24. The van der Waals surface area contributed by atoms with Gasteiger partial charge in [0.15, 0.2) is 0 Å². The summed E-state index contributed by atoms with van der Waals surface area (Å²) in [6.07, 6.45) is 2.47. The third-order valence-electron chi connectivity index (χ3n) is 2.74. The van der Waals surface area contributed by atoms with Crippen LogP contribution in [0.25, 0.3) is 0 Å². The van der Waals surface area contributed by atoms with Crippen molar-refractivity contribution in [2.24, 2.45) is 0 Å². The Hall–Kier alpha value is -1.78. The second-order valence-corrected chi connectivity index (χ2v) is 5.25. The van der Waals surface area contributed by atoms with E-state index in [0.717, 1.165) is 17.8 Å². The number of rotatable bonds is 5. The molecule has 2 rings (SSSR count). The van der Waals surface area contributed by atoms with Crippen LogP contribution >= 0.6 is 23.2 Å². The Kier molecular flexibility index (Phi) is 5.42. The number of nitrogens with zero attached hydrogens (tertiary/aromatic N) is 1. The maximum Gasteiger partial charge on any atom is 0.269 e. The molecule has 2 N–H and O–H groups in total. The van der Waals surface area contributed by atoms with Gasteiger partial charge in [-0.3, -0.25) is 9.78 Å². The summed E-state index contributed by atoms with van der Waals surface area (Å²) in [5.74, 6) is -0.186. The number of halogens is 2. The number of pyridine rings is 1. The number of hydrogen-bond acceptors (Lipinski definition) is 3. The fraction of sp³-hybridized carbons (Fsp3) is 0.200. The lowest BCUT2D eigenvalue weighted by molar-refractivity contribution is 0.0949. The van der Waals surface area contributed by atoms with Crippen molar-refractivity contribution in [1.29, 1.82) is 0 Å². The van der Waals surface area contributed by atoms with E-state index >= 15 is 0 Å². The van der Waals surface area contributed by atoms with Crippen molar-refractivity contribution in [2.75, 3.05) is 11.9 Å². The highest BCUT2D eigenvalue weighted by molar-refractivity contribution is 6.42. The molecule has 1 aromatic carbocycles. The first kappa shape index (κ1) is 15.6. The Bertz CT molecular complexity index is 647. The van der Waals surface area contributed by atoms with Gasteiger partial charge in [0.2, 0.25) is 0 Å². The highest BCUT2D eigenvalue weighted by atomic mass is 35.5. The molecule has 0 spiro atoms. The first-order valence-corrected chi connectivity index (χ1v) is 7.32. The lowest BCUT2D eigenvalue weighted by atomic mass is 10.2. The quantitative estimate of drug-likeness (QED) is 0.863. The SMILES string of the molecule is CCCNC(=O)c1cc(Nc2ccc(Cl)c(Cl)c2)ccn1. The van der Waals surface area contributed by atoms with Gasteiger partial charge in [0.05, 0.1) is 10.0 Å². The Labute approximate surface area is 133 Å². The van der Waals surface area contributed by atoms with E-state index in [0.29, 0.717) is 22.3 Å². The minimum absolute atomic E-state index is 0.186. The standard InChI is InChI=1S/C15H15Cl2N3O/c1-2-6-19-15(21)14-9-11(5-7-18-14)20-10-3-4-12(16)13(17)8-10/h3-5,7-9H,2,6H2,1H3,(H,18,20)(H,19,21). The molecule has 0 fully saturated rings. The molecule has 0 radical (unpaired) electrons. The normalized spacial score (nSPS) is 10.2. The van der Waals surface area contributed by atoms with E-state index < -0.39 is 0 Å². The fourth-order valence-electron chi connectivity index (χ4n) is 1.70.